The van der Waals surface area contributed by atoms with E-state index in [1.54, 1.807) is 11.4 Å². The molecular weight excluding hydrogens is 234 g/mol. The number of carbonyl (C=O) groups excluding carboxylic acids is 1. The van der Waals surface area contributed by atoms with Crippen LogP contribution in [-0.4, -0.2) is 34.6 Å². The number of amides is 1. The summed E-state index contributed by atoms with van der Waals surface area (Å²) in [5, 5.41) is 20.9. The van der Waals surface area contributed by atoms with E-state index in [0.717, 1.165) is 11.3 Å². The van der Waals surface area contributed by atoms with Gasteiger partial charge in [-0.15, -0.1) is 11.3 Å². The van der Waals surface area contributed by atoms with Gasteiger partial charge in [0.2, 0.25) is 5.91 Å². The third kappa shape index (κ3) is 3.06. The first kappa shape index (κ1) is 12.2. The lowest BCUT2D eigenvalue weighted by Crippen LogP contribution is -2.36. The predicted molar refractivity (Wildman–Crippen MR) is 55.3 cm³/mol. The highest BCUT2D eigenvalue weighted by Crippen LogP contribution is 2.21. The van der Waals surface area contributed by atoms with E-state index in [1.807, 2.05) is 5.32 Å². The van der Waals surface area contributed by atoms with Crippen molar-refractivity contribution in [2.75, 3.05) is 6.54 Å². The monoisotopic (exact) mass is 243 g/mol. The number of aliphatic carboxylic acids is 2. The molecule has 1 rings (SSSR count). The van der Waals surface area contributed by atoms with Gasteiger partial charge in [0.15, 0.2) is 5.92 Å². The van der Waals surface area contributed by atoms with Gasteiger partial charge in [-0.05, 0) is 11.4 Å². The molecule has 0 fully saturated rings. The molecule has 1 amide bonds. The zero-order valence-electron chi connectivity index (χ0n) is 8.04. The molecule has 0 aliphatic heterocycles. The van der Waals surface area contributed by atoms with E-state index in [-0.39, 0.29) is 0 Å². The third-order valence-corrected chi connectivity index (χ3v) is 2.69. The largest absolute Gasteiger partial charge is 0.480 e. The summed E-state index contributed by atoms with van der Waals surface area (Å²) < 4.78 is 0. The van der Waals surface area contributed by atoms with E-state index < -0.39 is 30.3 Å². The molecule has 0 radical (unpaired) electrons. The minimum atomic E-state index is -1.35. The molecule has 0 aliphatic carbocycles. The molecule has 0 saturated heterocycles. The first-order valence-electron chi connectivity index (χ1n) is 4.28. The molecule has 0 bridgehead atoms. The number of rotatable bonds is 5. The standard InChI is InChI=1S/C9H9NO5S/c11-6(12)4-10-8(13)7(9(14)15)5-2-1-3-16-5/h1-3,7H,4H2,(H,10,13)(H,11,12)(H,14,15). The number of carbonyl (C=O) groups is 3. The Hall–Kier alpha value is -1.89. The van der Waals surface area contributed by atoms with Crippen LogP contribution >= 0.6 is 11.3 Å². The van der Waals surface area contributed by atoms with Crippen molar-refractivity contribution < 1.29 is 24.6 Å². The Labute approximate surface area is 94.5 Å². The van der Waals surface area contributed by atoms with Crippen LogP contribution in [0, 0.1) is 0 Å². The SMILES string of the molecule is O=C(O)CNC(=O)C(C(=O)O)c1cccs1. The molecule has 6 nitrogen and oxygen atoms in total. The highest BCUT2D eigenvalue weighted by Gasteiger charge is 2.29. The summed E-state index contributed by atoms with van der Waals surface area (Å²) in [7, 11) is 0. The van der Waals surface area contributed by atoms with Crippen LogP contribution in [0.25, 0.3) is 0 Å². The van der Waals surface area contributed by atoms with Gasteiger partial charge in [0.25, 0.3) is 0 Å². The van der Waals surface area contributed by atoms with Crippen molar-refractivity contribution in [1.29, 1.82) is 0 Å². The molecule has 0 saturated carbocycles. The maximum absolute atomic E-state index is 11.4. The van der Waals surface area contributed by atoms with Crippen LogP contribution in [0.5, 0.6) is 0 Å². The van der Waals surface area contributed by atoms with Gasteiger partial charge in [-0.1, -0.05) is 6.07 Å². The second kappa shape index (κ2) is 5.26. The Kier molecular flexibility index (Phi) is 4.01. The molecule has 0 aromatic carbocycles. The van der Waals surface area contributed by atoms with Crippen molar-refractivity contribution in [2.24, 2.45) is 0 Å². The number of hydrogen-bond donors (Lipinski definition) is 3. The quantitative estimate of drug-likeness (QED) is 0.637. The van der Waals surface area contributed by atoms with Crippen molar-refractivity contribution in [3.8, 4) is 0 Å². The highest BCUT2D eigenvalue weighted by atomic mass is 32.1. The smallest absolute Gasteiger partial charge is 0.322 e. The van der Waals surface area contributed by atoms with Crippen LogP contribution in [0.4, 0.5) is 0 Å². The number of carboxylic acid groups (broad SMARTS) is 2. The van der Waals surface area contributed by atoms with E-state index in [4.69, 9.17) is 10.2 Å². The zero-order chi connectivity index (χ0) is 12.1. The van der Waals surface area contributed by atoms with Crippen molar-refractivity contribution in [3.05, 3.63) is 22.4 Å². The number of nitrogens with one attached hydrogen (secondary N) is 1. The lowest BCUT2D eigenvalue weighted by atomic mass is 10.1. The zero-order valence-corrected chi connectivity index (χ0v) is 8.86. The van der Waals surface area contributed by atoms with Crippen LogP contribution in [0.3, 0.4) is 0 Å². The van der Waals surface area contributed by atoms with E-state index in [9.17, 15) is 14.4 Å². The number of hydrogen-bond acceptors (Lipinski definition) is 4. The molecule has 0 spiro atoms. The molecule has 1 atom stereocenters. The second-order valence-corrected chi connectivity index (χ2v) is 3.88. The molecule has 16 heavy (non-hydrogen) atoms. The van der Waals surface area contributed by atoms with Gasteiger partial charge >= 0.3 is 11.9 Å². The highest BCUT2D eigenvalue weighted by molar-refractivity contribution is 7.10. The molecule has 1 aromatic rings. The van der Waals surface area contributed by atoms with Gasteiger partial charge in [-0.3, -0.25) is 14.4 Å². The summed E-state index contributed by atoms with van der Waals surface area (Å²) in [5.74, 6) is -4.69. The van der Waals surface area contributed by atoms with E-state index >= 15 is 0 Å². The summed E-state index contributed by atoms with van der Waals surface area (Å²) in [4.78, 5) is 32.9. The fourth-order valence-corrected chi connectivity index (χ4v) is 1.90. The Morgan fingerprint density at radius 3 is 2.50 bits per heavy atom. The van der Waals surface area contributed by atoms with Crippen molar-refractivity contribution in [3.63, 3.8) is 0 Å². The fraction of sp³-hybridized carbons (Fsp3) is 0.222. The minimum Gasteiger partial charge on any atom is -0.480 e. The fourth-order valence-electron chi connectivity index (χ4n) is 1.08. The lowest BCUT2D eigenvalue weighted by molar-refractivity contribution is -0.145. The maximum atomic E-state index is 11.4. The summed E-state index contributed by atoms with van der Waals surface area (Å²) >= 11 is 1.13. The lowest BCUT2D eigenvalue weighted by Gasteiger charge is -2.09. The van der Waals surface area contributed by atoms with Gasteiger partial charge in [-0.25, -0.2) is 0 Å². The molecule has 0 aliphatic rings. The van der Waals surface area contributed by atoms with E-state index in [0.29, 0.717) is 4.88 Å². The summed E-state index contributed by atoms with van der Waals surface area (Å²) in [6.45, 7) is -0.589. The Bertz CT molecular complexity index is 400. The Morgan fingerprint density at radius 1 is 1.38 bits per heavy atom. The van der Waals surface area contributed by atoms with E-state index in [2.05, 4.69) is 0 Å². The number of carboxylic acids is 2. The number of thiophene rings is 1. The van der Waals surface area contributed by atoms with Gasteiger partial charge in [0.05, 0.1) is 0 Å². The third-order valence-electron chi connectivity index (χ3n) is 1.75. The molecule has 1 unspecified atom stereocenters. The first-order valence-corrected chi connectivity index (χ1v) is 5.16. The maximum Gasteiger partial charge on any atom is 0.322 e. The van der Waals surface area contributed by atoms with Crippen molar-refractivity contribution >= 4 is 29.2 Å². The van der Waals surface area contributed by atoms with Gasteiger partial charge in [0.1, 0.15) is 6.54 Å². The molecule has 3 N–H and O–H groups in total. The molecule has 86 valence electrons. The van der Waals surface area contributed by atoms with Crippen LogP contribution in [0.15, 0.2) is 17.5 Å². The van der Waals surface area contributed by atoms with Gasteiger partial charge in [-0.2, -0.15) is 0 Å². The van der Waals surface area contributed by atoms with Crippen molar-refractivity contribution in [2.45, 2.75) is 5.92 Å². The molecular formula is C9H9NO5S. The summed E-state index contributed by atoms with van der Waals surface area (Å²) in [6.07, 6.45) is 0. The average molecular weight is 243 g/mol. The average Bonchev–Trinajstić information content (AvgIpc) is 2.67. The van der Waals surface area contributed by atoms with Crippen LogP contribution < -0.4 is 5.32 Å². The molecule has 1 aromatic heterocycles. The Balaban J connectivity index is 2.75. The van der Waals surface area contributed by atoms with Gasteiger partial charge in [0, 0.05) is 4.88 Å². The molecule has 7 heteroatoms. The predicted octanol–water partition coefficient (Wildman–Crippen LogP) is 0.117. The molecule has 1 heterocycles. The van der Waals surface area contributed by atoms with E-state index in [1.165, 1.54) is 6.07 Å². The normalized spacial score (nSPS) is 11.8. The van der Waals surface area contributed by atoms with Crippen LogP contribution in [0.2, 0.25) is 0 Å². The van der Waals surface area contributed by atoms with Crippen LogP contribution in [-0.2, 0) is 14.4 Å². The first-order chi connectivity index (χ1) is 7.52. The summed E-state index contributed by atoms with van der Waals surface area (Å²) in [6, 6.07) is 3.14. The van der Waals surface area contributed by atoms with Gasteiger partial charge < -0.3 is 15.5 Å². The minimum absolute atomic E-state index is 0.371. The summed E-state index contributed by atoms with van der Waals surface area (Å²) in [5.41, 5.74) is 0. The topological polar surface area (TPSA) is 104 Å². The van der Waals surface area contributed by atoms with Crippen LogP contribution in [0.1, 0.15) is 10.8 Å². The Morgan fingerprint density at radius 2 is 2.06 bits per heavy atom. The van der Waals surface area contributed by atoms with Crippen molar-refractivity contribution in [1.82, 2.24) is 5.32 Å². The second-order valence-electron chi connectivity index (χ2n) is 2.90.